The van der Waals surface area contributed by atoms with Gasteiger partial charge in [0, 0.05) is 17.8 Å². The second-order valence-electron chi connectivity index (χ2n) is 7.65. The number of sulfonamides is 1. The fraction of sp³-hybridized carbons (Fsp3) is 0.240. The van der Waals surface area contributed by atoms with Crippen molar-refractivity contribution in [2.75, 3.05) is 25.5 Å². The number of rotatable bonds is 9. The standard InChI is InChI=1S/C25H28N2O5S/c1-17-6-5-7-20(14-17)27-33(29,30)21-10-8-18(2)22(16-21)25(28)26-13-12-19-9-11-23(31-3)24(15-19)32-4/h5-11,14-16,27H,12-13H2,1-4H3,(H,26,28). The summed E-state index contributed by atoms with van der Waals surface area (Å²) in [7, 11) is -0.692. The predicted octanol–water partition coefficient (Wildman–Crippen LogP) is 4.09. The minimum Gasteiger partial charge on any atom is -0.493 e. The third-order valence-corrected chi connectivity index (χ3v) is 6.56. The van der Waals surface area contributed by atoms with Gasteiger partial charge in [0.15, 0.2) is 11.5 Å². The number of hydrogen-bond acceptors (Lipinski definition) is 5. The van der Waals surface area contributed by atoms with E-state index in [2.05, 4.69) is 10.0 Å². The van der Waals surface area contributed by atoms with E-state index in [-0.39, 0.29) is 10.8 Å². The lowest BCUT2D eigenvalue weighted by Crippen LogP contribution is -2.27. The van der Waals surface area contributed by atoms with Crippen molar-refractivity contribution >= 4 is 21.6 Å². The molecule has 33 heavy (non-hydrogen) atoms. The van der Waals surface area contributed by atoms with Crippen molar-refractivity contribution in [3.05, 3.63) is 82.9 Å². The van der Waals surface area contributed by atoms with Gasteiger partial charge in [0.05, 0.1) is 19.1 Å². The van der Waals surface area contributed by atoms with Crippen molar-refractivity contribution in [2.24, 2.45) is 0 Å². The van der Waals surface area contributed by atoms with Crippen molar-refractivity contribution in [1.82, 2.24) is 5.32 Å². The maximum absolute atomic E-state index is 12.8. The molecule has 0 unspecified atom stereocenters. The quantitative estimate of drug-likeness (QED) is 0.493. The van der Waals surface area contributed by atoms with E-state index in [9.17, 15) is 13.2 Å². The topological polar surface area (TPSA) is 93.7 Å². The lowest BCUT2D eigenvalue weighted by atomic mass is 10.1. The number of anilines is 1. The first-order valence-corrected chi connectivity index (χ1v) is 11.9. The molecule has 8 heteroatoms. The van der Waals surface area contributed by atoms with Crippen molar-refractivity contribution in [3.63, 3.8) is 0 Å². The molecule has 3 rings (SSSR count). The van der Waals surface area contributed by atoms with Gasteiger partial charge in [0.25, 0.3) is 15.9 Å². The van der Waals surface area contributed by atoms with Crippen molar-refractivity contribution in [3.8, 4) is 11.5 Å². The SMILES string of the molecule is COc1ccc(CCNC(=O)c2cc(S(=O)(=O)Nc3cccc(C)c3)ccc2C)cc1OC. The van der Waals surface area contributed by atoms with Gasteiger partial charge in [-0.1, -0.05) is 24.3 Å². The van der Waals surface area contributed by atoms with Crippen LogP contribution in [-0.4, -0.2) is 35.1 Å². The van der Waals surface area contributed by atoms with Gasteiger partial charge in [-0.15, -0.1) is 0 Å². The van der Waals surface area contributed by atoms with E-state index in [4.69, 9.17) is 9.47 Å². The minimum absolute atomic E-state index is 0.0275. The van der Waals surface area contributed by atoms with Crippen molar-refractivity contribution in [2.45, 2.75) is 25.2 Å². The highest BCUT2D eigenvalue weighted by atomic mass is 32.2. The molecule has 0 radical (unpaired) electrons. The van der Waals surface area contributed by atoms with Gasteiger partial charge in [0.2, 0.25) is 0 Å². The number of carbonyl (C=O) groups is 1. The van der Waals surface area contributed by atoms with Crippen LogP contribution in [0.25, 0.3) is 0 Å². The average molecular weight is 469 g/mol. The zero-order chi connectivity index (χ0) is 24.0. The molecule has 174 valence electrons. The lowest BCUT2D eigenvalue weighted by molar-refractivity contribution is 0.0953. The maximum atomic E-state index is 12.8. The van der Waals surface area contributed by atoms with E-state index >= 15 is 0 Å². The highest BCUT2D eigenvalue weighted by Crippen LogP contribution is 2.27. The smallest absolute Gasteiger partial charge is 0.261 e. The van der Waals surface area contributed by atoms with E-state index in [0.29, 0.717) is 41.3 Å². The zero-order valence-corrected chi connectivity index (χ0v) is 20.0. The number of carbonyl (C=O) groups excluding carboxylic acids is 1. The molecule has 0 fully saturated rings. The summed E-state index contributed by atoms with van der Waals surface area (Å²) in [5.74, 6) is 0.926. The van der Waals surface area contributed by atoms with Crippen LogP contribution in [0.15, 0.2) is 65.6 Å². The molecule has 3 aromatic rings. The number of benzene rings is 3. The number of amides is 1. The van der Waals surface area contributed by atoms with Crippen LogP contribution in [-0.2, 0) is 16.4 Å². The van der Waals surface area contributed by atoms with Gasteiger partial charge < -0.3 is 14.8 Å². The van der Waals surface area contributed by atoms with Gasteiger partial charge in [-0.05, 0) is 73.4 Å². The fourth-order valence-electron chi connectivity index (χ4n) is 3.39. The summed E-state index contributed by atoms with van der Waals surface area (Å²) >= 11 is 0. The summed E-state index contributed by atoms with van der Waals surface area (Å²) in [6, 6.07) is 17.2. The van der Waals surface area contributed by atoms with Gasteiger partial charge in [-0.3, -0.25) is 9.52 Å². The Morgan fingerprint density at radius 3 is 2.36 bits per heavy atom. The summed E-state index contributed by atoms with van der Waals surface area (Å²) in [5.41, 5.74) is 3.39. The molecular weight excluding hydrogens is 440 g/mol. The first kappa shape index (κ1) is 24.1. The molecule has 0 atom stereocenters. The van der Waals surface area contributed by atoms with Crippen LogP contribution >= 0.6 is 0 Å². The Balaban J connectivity index is 1.70. The summed E-state index contributed by atoms with van der Waals surface area (Å²) < 4.78 is 38.8. The Morgan fingerprint density at radius 2 is 1.67 bits per heavy atom. The summed E-state index contributed by atoms with van der Waals surface area (Å²) in [4.78, 5) is 12.8. The van der Waals surface area contributed by atoms with Gasteiger partial charge in [-0.25, -0.2) is 8.42 Å². The fourth-order valence-corrected chi connectivity index (χ4v) is 4.46. The first-order valence-electron chi connectivity index (χ1n) is 10.4. The summed E-state index contributed by atoms with van der Waals surface area (Å²) in [6.45, 7) is 4.04. The summed E-state index contributed by atoms with van der Waals surface area (Å²) in [5, 5.41) is 2.86. The molecule has 0 aliphatic carbocycles. The largest absolute Gasteiger partial charge is 0.493 e. The second-order valence-corrected chi connectivity index (χ2v) is 9.33. The Bertz CT molecular complexity index is 1260. The van der Waals surface area contributed by atoms with Crippen molar-refractivity contribution < 1.29 is 22.7 Å². The molecular formula is C25H28N2O5S. The van der Waals surface area contributed by atoms with Crippen LogP contribution in [0, 0.1) is 13.8 Å². The van der Waals surface area contributed by atoms with Crippen LogP contribution in [0.2, 0.25) is 0 Å². The van der Waals surface area contributed by atoms with Crippen LogP contribution in [0.1, 0.15) is 27.0 Å². The molecule has 1 amide bonds. The number of ether oxygens (including phenoxy) is 2. The number of nitrogens with one attached hydrogen (secondary N) is 2. The van der Waals surface area contributed by atoms with E-state index < -0.39 is 10.0 Å². The molecule has 0 aromatic heterocycles. The Hall–Kier alpha value is -3.52. The van der Waals surface area contributed by atoms with Crippen LogP contribution < -0.4 is 19.5 Å². The molecule has 0 saturated carbocycles. The van der Waals surface area contributed by atoms with Crippen LogP contribution in [0.3, 0.4) is 0 Å². The minimum atomic E-state index is -3.84. The van der Waals surface area contributed by atoms with Gasteiger partial charge in [0.1, 0.15) is 0 Å². The van der Waals surface area contributed by atoms with E-state index in [1.165, 1.54) is 12.1 Å². The van der Waals surface area contributed by atoms with Crippen LogP contribution in [0.5, 0.6) is 11.5 Å². The number of methoxy groups -OCH3 is 2. The normalized spacial score (nSPS) is 11.0. The van der Waals surface area contributed by atoms with E-state index in [1.807, 2.05) is 31.2 Å². The van der Waals surface area contributed by atoms with E-state index in [0.717, 1.165) is 11.1 Å². The van der Waals surface area contributed by atoms with Crippen LogP contribution in [0.4, 0.5) is 5.69 Å². The molecule has 0 spiro atoms. The highest BCUT2D eigenvalue weighted by molar-refractivity contribution is 7.92. The molecule has 0 aliphatic heterocycles. The third kappa shape index (κ3) is 6.04. The maximum Gasteiger partial charge on any atom is 0.261 e. The molecule has 3 aromatic carbocycles. The molecule has 0 bridgehead atoms. The third-order valence-electron chi connectivity index (χ3n) is 5.18. The first-order chi connectivity index (χ1) is 15.7. The lowest BCUT2D eigenvalue weighted by Gasteiger charge is -2.13. The highest BCUT2D eigenvalue weighted by Gasteiger charge is 2.18. The zero-order valence-electron chi connectivity index (χ0n) is 19.1. The predicted molar refractivity (Wildman–Crippen MR) is 129 cm³/mol. The molecule has 2 N–H and O–H groups in total. The average Bonchev–Trinajstić information content (AvgIpc) is 2.78. The summed E-state index contributed by atoms with van der Waals surface area (Å²) in [6.07, 6.45) is 0.581. The molecule has 0 heterocycles. The Kier molecular flexibility index (Phi) is 7.60. The van der Waals surface area contributed by atoms with E-state index in [1.54, 1.807) is 45.4 Å². The molecule has 7 nitrogen and oxygen atoms in total. The molecule has 0 saturated heterocycles. The monoisotopic (exact) mass is 468 g/mol. The number of hydrogen-bond donors (Lipinski definition) is 2. The van der Waals surface area contributed by atoms with Gasteiger partial charge in [-0.2, -0.15) is 0 Å². The Morgan fingerprint density at radius 1 is 0.909 bits per heavy atom. The number of aryl methyl sites for hydroxylation is 2. The second kappa shape index (κ2) is 10.4. The molecule has 0 aliphatic rings. The van der Waals surface area contributed by atoms with Gasteiger partial charge >= 0.3 is 0 Å². The van der Waals surface area contributed by atoms with Crippen molar-refractivity contribution in [1.29, 1.82) is 0 Å². The Labute approximate surface area is 194 Å².